The van der Waals surface area contributed by atoms with Crippen LogP contribution in [0, 0.1) is 10.7 Å². The van der Waals surface area contributed by atoms with E-state index in [2.05, 4.69) is 0 Å². The predicted molar refractivity (Wildman–Crippen MR) is 132 cm³/mol. The van der Waals surface area contributed by atoms with Crippen molar-refractivity contribution in [2.75, 3.05) is 30.0 Å². The topological polar surface area (TPSA) is 135 Å². The number of aliphatic carboxylic acids is 1. The third-order valence-corrected chi connectivity index (χ3v) is 7.09. The van der Waals surface area contributed by atoms with Crippen LogP contribution in [-0.4, -0.2) is 59.3 Å². The van der Waals surface area contributed by atoms with Gasteiger partial charge in [0.05, 0.1) is 34.3 Å². The number of hydrogen-bond donors (Lipinski definition) is 3. The Morgan fingerprint density at radius 2 is 1.48 bits per heavy atom. The number of carboxylic acid groups (broad SMARTS) is 2. The lowest BCUT2D eigenvalue weighted by Crippen LogP contribution is -2.36. The number of aliphatic hydroxyl groups excluding tert-OH is 1. The Bertz CT molecular complexity index is 845. The van der Waals surface area contributed by atoms with Crippen LogP contribution in [0.4, 0.5) is 11.4 Å². The van der Waals surface area contributed by atoms with Crippen molar-refractivity contribution in [2.24, 2.45) is 0 Å². The molecule has 0 heterocycles. The third kappa shape index (κ3) is 6.36. The van der Waals surface area contributed by atoms with Crippen molar-refractivity contribution in [1.29, 1.82) is 0 Å². The summed E-state index contributed by atoms with van der Waals surface area (Å²) in [7, 11) is 1.51. The highest BCUT2D eigenvalue weighted by molar-refractivity contribution is 14.1. The SMILES string of the molecule is CC(=O)N(C)c1c(I)c(C(=O)O)c(I)c(N(CCO)C(=O)CCCC(=O)O)c1I. The molecule has 0 radical (unpaired) electrons. The maximum atomic E-state index is 12.8. The molecular formula is C17H19I3N2O7. The molecule has 0 atom stereocenters. The number of carboxylic acids is 2. The van der Waals surface area contributed by atoms with Crippen molar-refractivity contribution in [3.05, 3.63) is 16.3 Å². The summed E-state index contributed by atoms with van der Waals surface area (Å²) in [5.74, 6) is -2.99. The van der Waals surface area contributed by atoms with E-state index in [9.17, 15) is 29.4 Å². The molecule has 9 nitrogen and oxygen atoms in total. The van der Waals surface area contributed by atoms with Gasteiger partial charge in [0.25, 0.3) is 0 Å². The van der Waals surface area contributed by atoms with Crippen LogP contribution in [0.1, 0.15) is 36.5 Å². The number of halogens is 3. The zero-order valence-electron chi connectivity index (χ0n) is 15.5. The van der Waals surface area contributed by atoms with Gasteiger partial charge in [-0.25, -0.2) is 4.79 Å². The summed E-state index contributed by atoms with van der Waals surface area (Å²) >= 11 is 5.65. The lowest BCUT2D eigenvalue weighted by molar-refractivity contribution is -0.137. The fraction of sp³-hybridized carbons (Fsp3) is 0.412. The summed E-state index contributed by atoms with van der Waals surface area (Å²) in [6.07, 6.45) is -0.150. The van der Waals surface area contributed by atoms with Gasteiger partial charge in [0.2, 0.25) is 11.8 Å². The van der Waals surface area contributed by atoms with Crippen molar-refractivity contribution in [2.45, 2.75) is 26.2 Å². The third-order valence-electron chi connectivity index (χ3n) is 3.97. The number of aromatic carboxylic acids is 1. The summed E-state index contributed by atoms with van der Waals surface area (Å²) in [5, 5.41) is 28.0. The van der Waals surface area contributed by atoms with Crippen LogP contribution in [0.3, 0.4) is 0 Å². The highest BCUT2D eigenvalue weighted by Gasteiger charge is 2.31. The number of aliphatic hydroxyl groups is 1. The van der Waals surface area contributed by atoms with E-state index in [0.717, 1.165) is 0 Å². The van der Waals surface area contributed by atoms with Crippen LogP contribution in [0.25, 0.3) is 0 Å². The summed E-state index contributed by atoms with van der Waals surface area (Å²) in [6, 6.07) is 0. The first-order chi connectivity index (χ1) is 13.4. The van der Waals surface area contributed by atoms with E-state index in [-0.39, 0.29) is 49.6 Å². The zero-order valence-corrected chi connectivity index (χ0v) is 22.0. The van der Waals surface area contributed by atoms with Crippen LogP contribution >= 0.6 is 67.8 Å². The Kier molecular flexibility index (Phi) is 10.5. The van der Waals surface area contributed by atoms with Gasteiger partial charge in [0, 0.05) is 33.4 Å². The maximum Gasteiger partial charge on any atom is 0.338 e. The predicted octanol–water partition coefficient (Wildman–Crippen LogP) is 2.76. The molecule has 0 unspecified atom stereocenters. The Balaban J connectivity index is 3.67. The standard InChI is InChI=1S/C17H19I3N2O7/c1-8(24)21(2)15-12(18)11(17(28)29)13(19)16(14(15)20)22(6-7-23)9(25)4-3-5-10(26)27/h23H,3-7H2,1-2H3,(H,26,27)(H,28,29). The van der Waals surface area contributed by atoms with Gasteiger partial charge in [-0.15, -0.1) is 0 Å². The number of rotatable bonds is 9. The molecule has 0 aliphatic heterocycles. The quantitative estimate of drug-likeness (QED) is 0.332. The van der Waals surface area contributed by atoms with Gasteiger partial charge >= 0.3 is 11.9 Å². The lowest BCUT2D eigenvalue weighted by atomic mass is 10.1. The monoisotopic (exact) mass is 744 g/mol. The van der Waals surface area contributed by atoms with E-state index in [1.807, 2.05) is 67.8 Å². The first-order valence-electron chi connectivity index (χ1n) is 8.26. The molecule has 160 valence electrons. The molecule has 0 saturated carbocycles. The number of carbonyl (C=O) groups is 4. The Labute approximate surface area is 208 Å². The van der Waals surface area contributed by atoms with Crippen molar-refractivity contribution >= 4 is 103 Å². The molecule has 0 aliphatic rings. The lowest BCUT2D eigenvalue weighted by Gasteiger charge is -2.29. The van der Waals surface area contributed by atoms with E-state index >= 15 is 0 Å². The Morgan fingerprint density at radius 1 is 0.931 bits per heavy atom. The minimum absolute atomic E-state index is 0.0500. The highest BCUT2D eigenvalue weighted by atomic mass is 127. The Morgan fingerprint density at radius 3 is 1.93 bits per heavy atom. The zero-order chi connectivity index (χ0) is 22.5. The second-order valence-corrected chi connectivity index (χ2v) is 9.15. The van der Waals surface area contributed by atoms with Crippen LogP contribution in [0.5, 0.6) is 0 Å². The minimum atomic E-state index is -1.21. The summed E-state index contributed by atoms with van der Waals surface area (Å²) in [6.45, 7) is 0.872. The number of hydrogen-bond acceptors (Lipinski definition) is 5. The largest absolute Gasteiger partial charge is 0.481 e. The van der Waals surface area contributed by atoms with Gasteiger partial charge < -0.3 is 25.1 Å². The first-order valence-corrected chi connectivity index (χ1v) is 11.5. The molecule has 2 amide bonds. The van der Waals surface area contributed by atoms with Crippen LogP contribution in [0.2, 0.25) is 0 Å². The van der Waals surface area contributed by atoms with Gasteiger partial charge in [-0.3, -0.25) is 14.4 Å². The van der Waals surface area contributed by atoms with Crippen LogP contribution in [-0.2, 0) is 14.4 Å². The highest BCUT2D eigenvalue weighted by Crippen LogP contribution is 2.42. The Hall–Kier alpha value is -0.750. The molecule has 1 rings (SSSR count). The van der Waals surface area contributed by atoms with Crippen molar-refractivity contribution in [3.63, 3.8) is 0 Å². The first kappa shape index (κ1) is 26.3. The molecule has 0 aliphatic carbocycles. The van der Waals surface area contributed by atoms with Gasteiger partial charge in [0.1, 0.15) is 0 Å². The minimum Gasteiger partial charge on any atom is -0.481 e. The molecule has 1 aromatic carbocycles. The van der Waals surface area contributed by atoms with E-state index in [1.54, 1.807) is 0 Å². The average molecular weight is 744 g/mol. The molecular weight excluding hydrogens is 725 g/mol. The molecule has 0 fully saturated rings. The summed E-state index contributed by atoms with van der Waals surface area (Å²) in [5.41, 5.74) is 0.584. The molecule has 0 aromatic heterocycles. The van der Waals surface area contributed by atoms with E-state index < -0.39 is 17.8 Å². The number of carbonyl (C=O) groups excluding carboxylic acids is 2. The fourth-order valence-corrected chi connectivity index (χ4v) is 7.44. The molecule has 29 heavy (non-hydrogen) atoms. The van der Waals surface area contributed by atoms with Crippen molar-refractivity contribution in [1.82, 2.24) is 0 Å². The molecule has 12 heteroatoms. The van der Waals surface area contributed by atoms with Crippen LogP contribution < -0.4 is 9.80 Å². The van der Waals surface area contributed by atoms with Crippen LogP contribution in [0.15, 0.2) is 0 Å². The van der Waals surface area contributed by atoms with Crippen molar-refractivity contribution < 1.29 is 34.5 Å². The molecule has 3 N–H and O–H groups in total. The second-order valence-electron chi connectivity index (χ2n) is 5.91. The van der Waals surface area contributed by atoms with Gasteiger partial charge in [0.15, 0.2) is 0 Å². The summed E-state index contributed by atoms with van der Waals surface area (Å²) < 4.78 is 1.14. The number of benzene rings is 1. The van der Waals surface area contributed by atoms with E-state index in [1.165, 1.54) is 23.8 Å². The maximum absolute atomic E-state index is 12.8. The molecule has 0 spiro atoms. The normalized spacial score (nSPS) is 10.6. The van der Waals surface area contributed by atoms with E-state index in [4.69, 9.17) is 5.11 Å². The molecule has 0 saturated heterocycles. The molecule has 1 aromatic rings. The van der Waals surface area contributed by atoms with E-state index in [0.29, 0.717) is 16.4 Å². The fourth-order valence-electron chi connectivity index (χ4n) is 2.50. The average Bonchev–Trinajstić information content (AvgIpc) is 2.59. The summed E-state index contributed by atoms with van der Waals surface area (Å²) in [4.78, 5) is 49.9. The number of nitrogens with zero attached hydrogens (tertiary/aromatic N) is 2. The number of amides is 2. The molecule has 0 bridgehead atoms. The van der Waals surface area contributed by atoms with Crippen molar-refractivity contribution in [3.8, 4) is 0 Å². The van der Waals surface area contributed by atoms with Gasteiger partial charge in [-0.05, 0) is 74.2 Å². The smallest absolute Gasteiger partial charge is 0.338 e. The number of anilines is 2. The van der Waals surface area contributed by atoms with Gasteiger partial charge in [-0.2, -0.15) is 0 Å². The second kappa shape index (κ2) is 11.6. The van der Waals surface area contributed by atoms with Gasteiger partial charge in [-0.1, -0.05) is 0 Å².